The van der Waals surface area contributed by atoms with E-state index in [1.165, 1.54) is 11.1 Å². The van der Waals surface area contributed by atoms with Crippen LogP contribution in [0.25, 0.3) is 0 Å². The summed E-state index contributed by atoms with van der Waals surface area (Å²) < 4.78 is 0. The lowest BCUT2D eigenvalue weighted by Crippen LogP contribution is -2.42. The lowest BCUT2D eigenvalue weighted by molar-refractivity contribution is 0.474. The van der Waals surface area contributed by atoms with Gasteiger partial charge in [0, 0.05) is 31.6 Å². The van der Waals surface area contributed by atoms with E-state index >= 15 is 0 Å². The van der Waals surface area contributed by atoms with Crippen molar-refractivity contribution in [1.29, 1.82) is 0 Å². The molecule has 1 aliphatic rings. The smallest absolute Gasteiger partial charge is 0.134 e. The van der Waals surface area contributed by atoms with Crippen molar-refractivity contribution in [1.82, 2.24) is 9.97 Å². The molecule has 0 saturated heterocycles. The minimum atomic E-state index is 0.125. The maximum atomic E-state index is 4.42. The standard InChI is InChI=1S/C16H20N4/c1-16(2)10-20(9-12-6-4-5-7-13(12)16)15-8-14(17-3)18-11-19-15/h4-8,11H,9-10H2,1-3H3,(H,17,18,19). The first-order valence-corrected chi connectivity index (χ1v) is 6.93. The molecule has 0 bridgehead atoms. The first-order valence-electron chi connectivity index (χ1n) is 6.93. The molecule has 104 valence electrons. The molecule has 0 saturated carbocycles. The van der Waals surface area contributed by atoms with Crippen LogP contribution in [-0.2, 0) is 12.0 Å². The van der Waals surface area contributed by atoms with E-state index in [0.717, 1.165) is 24.7 Å². The van der Waals surface area contributed by atoms with E-state index in [4.69, 9.17) is 0 Å². The Balaban J connectivity index is 1.98. The van der Waals surface area contributed by atoms with Gasteiger partial charge in [-0.2, -0.15) is 0 Å². The molecule has 0 aliphatic carbocycles. The molecule has 1 aromatic carbocycles. The Bertz CT molecular complexity index is 621. The predicted octanol–water partition coefficient (Wildman–Crippen LogP) is 2.82. The highest BCUT2D eigenvalue weighted by molar-refractivity contribution is 5.52. The zero-order chi connectivity index (χ0) is 14.2. The zero-order valence-corrected chi connectivity index (χ0v) is 12.2. The summed E-state index contributed by atoms with van der Waals surface area (Å²) in [7, 11) is 1.88. The molecule has 1 N–H and O–H groups in total. The van der Waals surface area contributed by atoms with Crippen molar-refractivity contribution in [2.45, 2.75) is 25.8 Å². The van der Waals surface area contributed by atoms with E-state index in [1.54, 1.807) is 6.33 Å². The van der Waals surface area contributed by atoms with Crippen molar-refractivity contribution in [3.63, 3.8) is 0 Å². The van der Waals surface area contributed by atoms with Crippen LogP contribution in [0.2, 0.25) is 0 Å². The summed E-state index contributed by atoms with van der Waals surface area (Å²) >= 11 is 0. The highest BCUT2D eigenvalue weighted by Gasteiger charge is 2.31. The predicted molar refractivity (Wildman–Crippen MR) is 82.1 cm³/mol. The summed E-state index contributed by atoms with van der Waals surface area (Å²) in [5.41, 5.74) is 2.95. The fourth-order valence-corrected chi connectivity index (χ4v) is 2.96. The fourth-order valence-electron chi connectivity index (χ4n) is 2.96. The van der Waals surface area contributed by atoms with Gasteiger partial charge in [0.25, 0.3) is 0 Å². The van der Waals surface area contributed by atoms with Gasteiger partial charge >= 0.3 is 0 Å². The first kappa shape index (κ1) is 12.9. The van der Waals surface area contributed by atoms with E-state index in [-0.39, 0.29) is 5.41 Å². The molecule has 4 heteroatoms. The van der Waals surface area contributed by atoms with Crippen molar-refractivity contribution < 1.29 is 0 Å². The van der Waals surface area contributed by atoms with E-state index < -0.39 is 0 Å². The van der Waals surface area contributed by atoms with Gasteiger partial charge in [-0.1, -0.05) is 38.1 Å². The molecule has 1 aliphatic heterocycles. The van der Waals surface area contributed by atoms with Crippen molar-refractivity contribution in [2.24, 2.45) is 0 Å². The molecule has 20 heavy (non-hydrogen) atoms. The van der Waals surface area contributed by atoms with Crippen LogP contribution in [-0.4, -0.2) is 23.6 Å². The van der Waals surface area contributed by atoms with Gasteiger partial charge in [-0.05, 0) is 11.1 Å². The number of benzene rings is 1. The summed E-state index contributed by atoms with van der Waals surface area (Å²) in [4.78, 5) is 10.9. The van der Waals surface area contributed by atoms with Crippen LogP contribution in [0.3, 0.4) is 0 Å². The van der Waals surface area contributed by atoms with Crippen molar-refractivity contribution in [2.75, 3.05) is 23.8 Å². The Kier molecular flexibility index (Phi) is 3.08. The van der Waals surface area contributed by atoms with E-state index in [0.29, 0.717) is 0 Å². The highest BCUT2D eigenvalue weighted by Crippen LogP contribution is 2.35. The van der Waals surface area contributed by atoms with Crippen molar-refractivity contribution in [3.05, 3.63) is 47.8 Å². The largest absolute Gasteiger partial charge is 0.373 e. The van der Waals surface area contributed by atoms with Gasteiger partial charge in [0.2, 0.25) is 0 Å². The second-order valence-electron chi connectivity index (χ2n) is 5.91. The summed E-state index contributed by atoms with van der Waals surface area (Å²) in [6.07, 6.45) is 1.62. The van der Waals surface area contributed by atoms with E-state index in [2.05, 4.69) is 58.3 Å². The Hall–Kier alpha value is -2.10. The highest BCUT2D eigenvalue weighted by atomic mass is 15.2. The molecule has 0 radical (unpaired) electrons. The summed E-state index contributed by atoms with van der Waals surface area (Å²) in [6.45, 7) is 6.44. The van der Waals surface area contributed by atoms with Gasteiger partial charge in [0.05, 0.1) is 0 Å². The van der Waals surface area contributed by atoms with E-state index in [9.17, 15) is 0 Å². The quantitative estimate of drug-likeness (QED) is 0.909. The van der Waals surface area contributed by atoms with Gasteiger partial charge in [-0.15, -0.1) is 0 Å². The molecule has 0 fully saturated rings. The molecule has 0 atom stereocenters. The minimum absolute atomic E-state index is 0.125. The molecule has 0 amide bonds. The van der Waals surface area contributed by atoms with E-state index in [1.807, 2.05) is 13.1 Å². The van der Waals surface area contributed by atoms with Crippen LogP contribution < -0.4 is 10.2 Å². The molecule has 2 heterocycles. The second kappa shape index (κ2) is 4.78. The molecule has 0 unspecified atom stereocenters. The third kappa shape index (κ3) is 2.22. The molecule has 1 aromatic heterocycles. The number of aromatic nitrogens is 2. The van der Waals surface area contributed by atoms with Gasteiger partial charge < -0.3 is 10.2 Å². The normalized spacial score (nSPS) is 16.6. The van der Waals surface area contributed by atoms with Crippen molar-refractivity contribution >= 4 is 11.6 Å². The average Bonchev–Trinajstić information content (AvgIpc) is 2.46. The summed E-state index contributed by atoms with van der Waals surface area (Å²) in [5.74, 6) is 1.83. The maximum Gasteiger partial charge on any atom is 0.134 e. The SMILES string of the molecule is CNc1cc(N2Cc3ccccc3C(C)(C)C2)ncn1. The Morgan fingerprint density at radius 2 is 2.00 bits per heavy atom. The third-order valence-corrected chi connectivity index (χ3v) is 3.93. The number of nitrogens with zero attached hydrogens (tertiary/aromatic N) is 3. The molecule has 4 nitrogen and oxygen atoms in total. The monoisotopic (exact) mass is 268 g/mol. The topological polar surface area (TPSA) is 41.0 Å². The number of nitrogens with one attached hydrogen (secondary N) is 1. The summed E-state index contributed by atoms with van der Waals surface area (Å²) in [5, 5.41) is 3.07. The van der Waals surface area contributed by atoms with Gasteiger partial charge in [-0.25, -0.2) is 9.97 Å². The average molecular weight is 268 g/mol. The van der Waals surface area contributed by atoms with Crippen LogP contribution >= 0.6 is 0 Å². The number of hydrogen-bond acceptors (Lipinski definition) is 4. The molecule has 0 spiro atoms. The maximum absolute atomic E-state index is 4.42. The molecule has 3 rings (SSSR count). The van der Waals surface area contributed by atoms with Gasteiger partial charge in [0.15, 0.2) is 0 Å². The lowest BCUT2D eigenvalue weighted by Gasteiger charge is -2.40. The van der Waals surface area contributed by atoms with Crippen molar-refractivity contribution in [3.8, 4) is 0 Å². The lowest BCUT2D eigenvalue weighted by atomic mass is 9.78. The van der Waals surface area contributed by atoms with Crippen LogP contribution in [0.4, 0.5) is 11.6 Å². The first-order chi connectivity index (χ1) is 9.60. The zero-order valence-electron chi connectivity index (χ0n) is 12.2. The van der Waals surface area contributed by atoms with Gasteiger partial charge in [0.1, 0.15) is 18.0 Å². The fraction of sp³-hybridized carbons (Fsp3) is 0.375. The van der Waals surface area contributed by atoms with Crippen LogP contribution in [0.1, 0.15) is 25.0 Å². The number of hydrogen-bond donors (Lipinski definition) is 1. The molecule has 2 aromatic rings. The second-order valence-corrected chi connectivity index (χ2v) is 5.91. The van der Waals surface area contributed by atoms with Crippen LogP contribution in [0.15, 0.2) is 36.7 Å². The minimum Gasteiger partial charge on any atom is -0.373 e. The number of anilines is 2. The Morgan fingerprint density at radius 3 is 2.80 bits per heavy atom. The third-order valence-electron chi connectivity index (χ3n) is 3.93. The summed E-state index contributed by atoms with van der Waals surface area (Å²) in [6, 6.07) is 10.7. The number of rotatable bonds is 2. The molecular weight excluding hydrogens is 248 g/mol. The Morgan fingerprint density at radius 1 is 1.20 bits per heavy atom. The van der Waals surface area contributed by atoms with Gasteiger partial charge in [-0.3, -0.25) is 0 Å². The molecular formula is C16H20N4. The van der Waals surface area contributed by atoms with Crippen LogP contribution in [0, 0.1) is 0 Å². The van der Waals surface area contributed by atoms with Crippen LogP contribution in [0.5, 0.6) is 0 Å². The Labute approximate surface area is 119 Å². The number of fused-ring (bicyclic) bond motifs is 1.